The first-order valence-electron chi connectivity index (χ1n) is 4.94. The van der Waals surface area contributed by atoms with Crippen LogP contribution in [0.3, 0.4) is 0 Å². The fourth-order valence-electron chi connectivity index (χ4n) is 1.25. The predicted octanol–water partition coefficient (Wildman–Crippen LogP) is 0.130. The van der Waals surface area contributed by atoms with E-state index in [9.17, 15) is 9.59 Å². The molecule has 0 aliphatic rings. The molecule has 1 amide bonds. The molecular formula is C9H14N4O3. The van der Waals surface area contributed by atoms with E-state index in [0.717, 1.165) is 0 Å². The van der Waals surface area contributed by atoms with Crippen molar-refractivity contribution >= 4 is 11.9 Å². The van der Waals surface area contributed by atoms with Gasteiger partial charge in [-0.3, -0.25) is 9.59 Å². The van der Waals surface area contributed by atoms with Gasteiger partial charge in [0.25, 0.3) is 5.91 Å². The molecule has 1 unspecified atom stereocenters. The smallest absolute Gasteiger partial charge is 0.323 e. The Morgan fingerprint density at radius 1 is 1.62 bits per heavy atom. The van der Waals surface area contributed by atoms with Crippen LogP contribution in [0.25, 0.3) is 0 Å². The number of carbonyl (C=O) groups is 2. The maximum absolute atomic E-state index is 11.9. The van der Waals surface area contributed by atoms with E-state index in [0.29, 0.717) is 6.42 Å². The van der Waals surface area contributed by atoms with E-state index in [2.05, 4.69) is 15.4 Å². The van der Waals surface area contributed by atoms with Gasteiger partial charge < -0.3 is 10.0 Å². The number of hydrogen-bond donors (Lipinski definition) is 2. The van der Waals surface area contributed by atoms with E-state index in [1.165, 1.54) is 11.1 Å². The molecular weight excluding hydrogens is 212 g/mol. The number of carbonyl (C=O) groups excluding carboxylic acids is 1. The second-order valence-corrected chi connectivity index (χ2v) is 3.44. The lowest BCUT2D eigenvalue weighted by molar-refractivity contribution is -0.138. The van der Waals surface area contributed by atoms with Gasteiger partial charge in [0.2, 0.25) is 0 Å². The lowest BCUT2D eigenvalue weighted by Crippen LogP contribution is -2.42. The number of carboxylic acids is 1. The van der Waals surface area contributed by atoms with Gasteiger partial charge in [-0.2, -0.15) is 15.4 Å². The Labute approximate surface area is 92.4 Å². The van der Waals surface area contributed by atoms with Gasteiger partial charge in [0.05, 0.1) is 6.20 Å². The summed E-state index contributed by atoms with van der Waals surface area (Å²) in [4.78, 5) is 23.8. The van der Waals surface area contributed by atoms with Crippen LogP contribution in [0.1, 0.15) is 30.8 Å². The fourth-order valence-corrected chi connectivity index (χ4v) is 1.25. The molecule has 16 heavy (non-hydrogen) atoms. The predicted molar refractivity (Wildman–Crippen MR) is 54.8 cm³/mol. The number of rotatable bonds is 5. The average Bonchev–Trinajstić information content (AvgIpc) is 2.77. The summed E-state index contributed by atoms with van der Waals surface area (Å²) >= 11 is 0. The Balaban J connectivity index is 2.84. The van der Waals surface area contributed by atoms with Crippen LogP contribution in [0.4, 0.5) is 0 Å². The highest BCUT2D eigenvalue weighted by molar-refractivity contribution is 5.93. The molecule has 0 saturated carbocycles. The molecule has 0 radical (unpaired) electrons. The summed E-state index contributed by atoms with van der Waals surface area (Å²) in [6.07, 6.45) is 1.95. The van der Waals surface area contributed by atoms with Gasteiger partial charge in [-0.25, -0.2) is 0 Å². The Morgan fingerprint density at radius 3 is 2.75 bits per heavy atom. The highest BCUT2D eigenvalue weighted by Gasteiger charge is 2.24. The summed E-state index contributed by atoms with van der Waals surface area (Å²) in [6.45, 7) is 3.34. The molecule has 1 aromatic rings. The first-order chi connectivity index (χ1) is 7.56. The highest BCUT2D eigenvalue weighted by Crippen LogP contribution is 2.07. The molecule has 0 bridgehead atoms. The van der Waals surface area contributed by atoms with Gasteiger partial charge in [-0.1, -0.05) is 6.92 Å². The Hall–Kier alpha value is -1.92. The SMILES string of the molecule is CCC(C)N(CC(=O)O)C(=O)c1cn[nH]n1. The van der Waals surface area contributed by atoms with Crippen molar-refractivity contribution in [3.05, 3.63) is 11.9 Å². The molecule has 0 saturated heterocycles. The van der Waals surface area contributed by atoms with E-state index in [1.807, 2.05) is 6.92 Å². The van der Waals surface area contributed by atoms with E-state index in [-0.39, 0.29) is 18.3 Å². The molecule has 1 heterocycles. The van der Waals surface area contributed by atoms with Crippen LogP contribution in [0.2, 0.25) is 0 Å². The number of hydrogen-bond acceptors (Lipinski definition) is 4. The zero-order valence-electron chi connectivity index (χ0n) is 9.17. The van der Waals surface area contributed by atoms with Crippen LogP contribution in [-0.4, -0.2) is 49.9 Å². The summed E-state index contributed by atoms with van der Waals surface area (Å²) in [5.74, 6) is -1.47. The second kappa shape index (κ2) is 5.24. The van der Waals surface area contributed by atoms with Crippen LogP contribution in [-0.2, 0) is 4.79 Å². The lowest BCUT2D eigenvalue weighted by Gasteiger charge is -2.25. The second-order valence-electron chi connectivity index (χ2n) is 3.44. The molecule has 7 nitrogen and oxygen atoms in total. The Kier molecular flexibility index (Phi) is 3.98. The van der Waals surface area contributed by atoms with Gasteiger partial charge in [-0.05, 0) is 13.3 Å². The topological polar surface area (TPSA) is 99.2 Å². The summed E-state index contributed by atoms with van der Waals surface area (Å²) in [7, 11) is 0. The Morgan fingerprint density at radius 2 is 2.31 bits per heavy atom. The third kappa shape index (κ3) is 2.78. The van der Waals surface area contributed by atoms with Crippen molar-refractivity contribution in [2.24, 2.45) is 0 Å². The number of nitrogens with zero attached hydrogens (tertiary/aromatic N) is 3. The monoisotopic (exact) mass is 226 g/mol. The maximum atomic E-state index is 11.9. The van der Waals surface area contributed by atoms with Crippen molar-refractivity contribution < 1.29 is 14.7 Å². The van der Waals surface area contributed by atoms with Gasteiger partial charge >= 0.3 is 5.97 Å². The summed E-state index contributed by atoms with van der Waals surface area (Å²) < 4.78 is 0. The van der Waals surface area contributed by atoms with Crippen LogP contribution in [0, 0.1) is 0 Å². The Bertz CT molecular complexity index is 363. The number of aliphatic carboxylic acids is 1. The molecule has 0 aliphatic heterocycles. The number of H-pyrrole nitrogens is 1. The first-order valence-corrected chi connectivity index (χ1v) is 4.94. The zero-order chi connectivity index (χ0) is 12.1. The van der Waals surface area contributed by atoms with Crippen LogP contribution >= 0.6 is 0 Å². The molecule has 1 rings (SSSR count). The maximum Gasteiger partial charge on any atom is 0.323 e. The van der Waals surface area contributed by atoms with Gasteiger partial charge in [-0.15, -0.1) is 0 Å². The largest absolute Gasteiger partial charge is 0.480 e. The first kappa shape index (κ1) is 12.2. The fraction of sp³-hybridized carbons (Fsp3) is 0.556. The molecule has 0 aliphatic carbocycles. The third-order valence-corrected chi connectivity index (χ3v) is 2.32. The van der Waals surface area contributed by atoms with Gasteiger partial charge in [0.1, 0.15) is 6.54 Å². The molecule has 7 heteroatoms. The molecule has 0 fully saturated rings. The number of amides is 1. The average molecular weight is 226 g/mol. The van der Waals surface area contributed by atoms with Crippen LogP contribution in [0.15, 0.2) is 6.20 Å². The van der Waals surface area contributed by atoms with Crippen molar-refractivity contribution in [3.8, 4) is 0 Å². The quantitative estimate of drug-likeness (QED) is 0.743. The van der Waals surface area contributed by atoms with Gasteiger partial charge in [0, 0.05) is 6.04 Å². The summed E-state index contributed by atoms with van der Waals surface area (Å²) in [5, 5.41) is 18.2. The van der Waals surface area contributed by atoms with Crippen molar-refractivity contribution in [1.29, 1.82) is 0 Å². The molecule has 1 atom stereocenters. The van der Waals surface area contributed by atoms with Crippen LogP contribution < -0.4 is 0 Å². The number of aromatic nitrogens is 3. The lowest BCUT2D eigenvalue weighted by atomic mass is 10.2. The molecule has 0 spiro atoms. The number of aromatic amines is 1. The van der Waals surface area contributed by atoms with Crippen molar-refractivity contribution in [2.45, 2.75) is 26.3 Å². The zero-order valence-corrected chi connectivity index (χ0v) is 9.17. The molecule has 2 N–H and O–H groups in total. The van der Waals surface area contributed by atoms with Crippen LogP contribution in [0.5, 0.6) is 0 Å². The highest BCUT2D eigenvalue weighted by atomic mass is 16.4. The van der Waals surface area contributed by atoms with Crippen molar-refractivity contribution in [2.75, 3.05) is 6.54 Å². The minimum absolute atomic E-state index is 0.126. The normalized spacial score (nSPS) is 12.1. The summed E-state index contributed by atoms with van der Waals surface area (Å²) in [5.41, 5.74) is 0.126. The van der Waals surface area contributed by atoms with Crippen molar-refractivity contribution in [3.63, 3.8) is 0 Å². The molecule has 1 aromatic heterocycles. The minimum Gasteiger partial charge on any atom is -0.480 e. The molecule has 0 aromatic carbocycles. The number of nitrogens with one attached hydrogen (secondary N) is 1. The van der Waals surface area contributed by atoms with E-state index in [1.54, 1.807) is 6.92 Å². The third-order valence-electron chi connectivity index (χ3n) is 2.32. The summed E-state index contributed by atoms with van der Waals surface area (Å²) in [6, 6.07) is -0.153. The van der Waals surface area contributed by atoms with E-state index < -0.39 is 11.9 Å². The number of carboxylic acid groups (broad SMARTS) is 1. The standard InChI is InChI=1S/C9H14N4O3/c1-3-6(2)13(5-8(14)15)9(16)7-4-10-12-11-7/h4,6H,3,5H2,1-2H3,(H,14,15)(H,10,11,12). The van der Waals surface area contributed by atoms with Gasteiger partial charge in [0.15, 0.2) is 5.69 Å². The van der Waals surface area contributed by atoms with E-state index in [4.69, 9.17) is 5.11 Å². The molecule has 88 valence electrons. The van der Waals surface area contributed by atoms with E-state index >= 15 is 0 Å². The minimum atomic E-state index is -1.04. The van der Waals surface area contributed by atoms with Crippen molar-refractivity contribution in [1.82, 2.24) is 20.3 Å².